The van der Waals surface area contributed by atoms with Gasteiger partial charge in [0.2, 0.25) is 0 Å². The van der Waals surface area contributed by atoms with Crippen LogP contribution in [0.4, 0.5) is 0 Å². The van der Waals surface area contributed by atoms with E-state index in [0.29, 0.717) is 0 Å². The van der Waals surface area contributed by atoms with Crippen LogP contribution in [0.5, 0.6) is 0 Å². The van der Waals surface area contributed by atoms with Crippen LogP contribution >= 0.6 is 0 Å². The molecule has 0 aromatic heterocycles. The first-order valence-corrected chi connectivity index (χ1v) is 8.40. The normalized spacial score (nSPS) is 20.1. The third kappa shape index (κ3) is 6.07. The van der Waals surface area contributed by atoms with Crippen molar-refractivity contribution in [3.05, 3.63) is 24.3 Å². The van der Waals surface area contributed by atoms with Crippen LogP contribution in [0.15, 0.2) is 24.3 Å². The zero-order chi connectivity index (χ0) is 20.0. The monoisotopic (exact) mass is 382 g/mol. The van der Waals surface area contributed by atoms with Crippen molar-refractivity contribution in [2.24, 2.45) is 0 Å². The number of carbonyl (C=O) groups excluding carboxylic acids is 4. The molecule has 0 saturated carbocycles. The summed E-state index contributed by atoms with van der Waals surface area (Å²) in [6.07, 6.45) is 2.05. The highest BCUT2D eigenvalue weighted by Crippen LogP contribution is 2.07. The van der Waals surface area contributed by atoms with Crippen LogP contribution in [-0.4, -0.2) is 94.9 Å². The molecule has 0 bridgehead atoms. The number of hydrogen-bond donors (Lipinski definition) is 2. The lowest BCUT2D eigenvalue weighted by Gasteiger charge is -2.21. The van der Waals surface area contributed by atoms with Gasteiger partial charge in [-0.05, 0) is 6.92 Å². The molecule has 3 unspecified atom stereocenters. The van der Waals surface area contributed by atoms with E-state index in [-0.39, 0.29) is 32.9 Å². The second-order valence-corrected chi connectivity index (χ2v) is 6.23. The summed E-state index contributed by atoms with van der Waals surface area (Å²) in [5.74, 6) is -1.91. The molecular weight excluding hydrogens is 360 g/mol. The molecule has 0 aliphatic carbocycles. The van der Waals surface area contributed by atoms with E-state index in [1.54, 1.807) is 6.92 Å². The molecule has 0 aromatic rings. The number of ether oxygens (including phenoxy) is 2. The number of amides is 4. The number of nitrogens with zero attached hydrogens (tertiary/aromatic N) is 2. The Morgan fingerprint density at radius 1 is 0.778 bits per heavy atom. The third-order valence-electron chi connectivity index (χ3n) is 3.82. The number of β-amino-alcohol motifs (C(OH)–C–C–N with tert-alkyl or cyclic N) is 2. The van der Waals surface area contributed by atoms with Crippen molar-refractivity contribution in [1.82, 2.24) is 9.80 Å². The minimum absolute atomic E-state index is 0.101. The molecule has 10 nitrogen and oxygen atoms in total. The quantitative estimate of drug-likeness (QED) is 0.391. The van der Waals surface area contributed by atoms with Gasteiger partial charge >= 0.3 is 0 Å². The Labute approximate surface area is 155 Å². The molecular formula is C17H22N2O8. The second-order valence-electron chi connectivity index (χ2n) is 6.23. The van der Waals surface area contributed by atoms with Gasteiger partial charge in [-0.15, -0.1) is 0 Å². The molecule has 0 aromatic carbocycles. The maximum atomic E-state index is 11.4. The summed E-state index contributed by atoms with van der Waals surface area (Å²) in [6.45, 7) is 1.26. The number of aliphatic hydroxyl groups is 2. The number of hydrogen-bond acceptors (Lipinski definition) is 8. The van der Waals surface area contributed by atoms with E-state index >= 15 is 0 Å². The summed E-state index contributed by atoms with van der Waals surface area (Å²) in [5, 5.41) is 19.7. The van der Waals surface area contributed by atoms with Crippen LogP contribution in [0.1, 0.15) is 6.92 Å². The van der Waals surface area contributed by atoms with Gasteiger partial charge in [-0.25, -0.2) is 0 Å². The molecule has 0 saturated heterocycles. The highest BCUT2D eigenvalue weighted by molar-refractivity contribution is 6.13. The van der Waals surface area contributed by atoms with Gasteiger partial charge in [-0.3, -0.25) is 29.0 Å². The van der Waals surface area contributed by atoms with Gasteiger partial charge in [0, 0.05) is 24.3 Å². The fourth-order valence-corrected chi connectivity index (χ4v) is 2.44. The second kappa shape index (κ2) is 9.51. The summed E-state index contributed by atoms with van der Waals surface area (Å²) >= 11 is 0. The van der Waals surface area contributed by atoms with E-state index in [1.165, 1.54) is 0 Å². The van der Waals surface area contributed by atoms with Crippen LogP contribution in [0.2, 0.25) is 0 Å². The lowest BCUT2D eigenvalue weighted by molar-refractivity contribution is -0.141. The average molecular weight is 382 g/mol. The smallest absolute Gasteiger partial charge is 0.253 e. The number of imide groups is 2. The van der Waals surface area contributed by atoms with Gasteiger partial charge in [0.1, 0.15) is 0 Å². The molecule has 2 heterocycles. The van der Waals surface area contributed by atoms with Crippen LogP contribution in [0.25, 0.3) is 0 Å². The van der Waals surface area contributed by atoms with Crippen molar-refractivity contribution in [3.8, 4) is 0 Å². The maximum Gasteiger partial charge on any atom is 0.253 e. The molecule has 0 radical (unpaired) electrons. The Bertz CT molecular complexity index is 623. The highest BCUT2D eigenvalue weighted by atomic mass is 16.5. The van der Waals surface area contributed by atoms with Crippen molar-refractivity contribution < 1.29 is 38.9 Å². The maximum absolute atomic E-state index is 11.4. The van der Waals surface area contributed by atoms with E-state index in [9.17, 15) is 29.4 Å². The fourth-order valence-electron chi connectivity index (χ4n) is 2.44. The van der Waals surface area contributed by atoms with Gasteiger partial charge in [0.25, 0.3) is 23.6 Å². The molecule has 27 heavy (non-hydrogen) atoms. The summed E-state index contributed by atoms with van der Waals surface area (Å²) in [4.78, 5) is 47.4. The predicted molar refractivity (Wildman–Crippen MR) is 90.0 cm³/mol. The Morgan fingerprint density at radius 3 is 1.63 bits per heavy atom. The van der Waals surface area contributed by atoms with Crippen molar-refractivity contribution >= 4 is 23.6 Å². The van der Waals surface area contributed by atoms with Crippen LogP contribution in [-0.2, 0) is 28.7 Å². The van der Waals surface area contributed by atoms with Crippen molar-refractivity contribution in [1.29, 1.82) is 0 Å². The molecule has 2 rings (SSSR count). The van der Waals surface area contributed by atoms with E-state index in [2.05, 4.69) is 0 Å². The van der Waals surface area contributed by atoms with E-state index in [0.717, 1.165) is 34.1 Å². The molecule has 0 spiro atoms. The zero-order valence-electron chi connectivity index (χ0n) is 14.8. The number of rotatable bonds is 11. The minimum Gasteiger partial charge on any atom is -0.389 e. The predicted octanol–water partition coefficient (Wildman–Crippen LogP) is -2.02. The van der Waals surface area contributed by atoms with E-state index in [4.69, 9.17) is 9.47 Å². The van der Waals surface area contributed by atoms with Crippen LogP contribution in [0.3, 0.4) is 0 Å². The molecule has 148 valence electrons. The Morgan fingerprint density at radius 2 is 1.19 bits per heavy atom. The first-order chi connectivity index (χ1) is 12.8. The van der Waals surface area contributed by atoms with Crippen molar-refractivity contribution in [3.63, 3.8) is 0 Å². The highest BCUT2D eigenvalue weighted by Gasteiger charge is 2.27. The first-order valence-electron chi connectivity index (χ1n) is 8.40. The topological polar surface area (TPSA) is 134 Å². The van der Waals surface area contributed by atoms with E-state index in [1.807, 2.05) is 0 Å². The van der Waals surface area contributed by atoms with Crippen molar-refractivity contribution in [2.45, 2.75) is 25.2 Å². The minimum atomic E-state index is -1.04. The summed E-state index contributed by atoms with van der Waals surface area (Å²) in [7, 11) is 0. The summed E-state index contributed by atoms with van der Waals surface area (Å²) < 4.78 is 10.7. The number of aliphatic hydroxyl groups excluding tert-OH is 2. The van der Waals surface area contributed by atoms with Crippen LogP contribution < -0.4 is 0 Å². The average Bonchev–Trinajstić information content (AvgIpc) is 3.10. The van der Waals surface area contributed by atoms with Crippen LogP contribution in [0, 0.1) is 0 Å². The van der Waals surface area contributed by atoms with Gasteiger partial charge < -0.3 is 19.7 Å². The Kier molecular flexibility index (Phi) is 7.36. The molecule has 0 fully saturated rings. The van der Waals surface area contributed by atoms with Crippen molar-refractivity contribution in [2.75, 3.05) is 32.9 Å². The lowest BCUT2D eigenvalue weighted by Crippen LogP contribution is -2.40. The lowest BCUT2D eigenvalue weighted by atomic mass is 10.3. The first kappa shape index (κ1) is 20.9. The Hall–Kier alpha value is -2.40. The molecule has 2 aliphatic rings. The summed E-state index contributed by atoms with van der Waals surface area (Å²) in [5.41, 5.74) is 0. The van der Waals surface area contributed by atoms with Gasteiger partial charge in [0.05, 0.1) is 51.2 Å². The molecule has 2 N–H and O–H groups in total. The molecule has 3 atom stereocenters. The Balaban J connectivity index is 1.58. The SMILES string of the molecule is CC(COCC(O)CN1C(=O)C=CC1=O)OCC(O)CN1C(=O)C=CC1=O. The molecule has 4 amide bonds. The van der Waals surface area contributed by atoms with E-state index < -0.39 is 41.9 Å². The third-order valence-corrected chi connectivity index (χ3v) is 3.82. The van der Waals surface area contributed by atoms with Gasteiger partial charge in [0.15, 0.2) is 0 Å². The standard InChI is InChI=1S/C17H22N2O8/c1-11(27-10-13(21)7-19-16(24)4-5-17(19)25)8-26-9-12(20)6-18-14(22)2-3-15(18)23/h2-5,11-13,20-21H,6-10H2,1H3. The fraction of sp³-hybridized carbons (Fsp3) is 0.529. The van der Waals surface area contributed by atoms with Gasteiger partial charge in [-0.1, -0.05) is 0 Å². The largest absolute Gasteiger partial charge is 0.389 e. The molecule has 2 aliphatic heterocycles. The molecule has 10 heteroatoms. The summed E-state index contributed by atoms with van der Waals surface area (Å²) in [6, 6.07) is 0. The number of carbonyl (C=O) groups is 4. The zero-order valence-corrected chi connectivity index (χ0v) is 14.8. The van der Waals surface area contributed by atoms with Gasteiger partial charge in [-0.2, -0.15) is 0 Å².